The molecule has 136 valence electrons. The molecule has 0 bridgehead atoms. The van der Waals surface area contributed by atoms with Crippen molar-refractivity contribution in [2.75, 3.05) is 16.8 Å². The Labute approximate surface area is 159 Å². The fourth-order valence-corrected chi connectivity index (χ4v) is 3.79. The molecule has 1 aliphatic rings. The summed E-state index contributed by atoms with van der Waals surface area (Å²) in [6.07, 6.45) is 0.220. The molecule has 1 heterocycles. The van der Waals surface area contributed by atoms with Crippen molar-refractivity contribution >= 4 is 34.8 Å². The van der Waals surface area contributed by atoms with Crippen LogP contribution in [0.1, 0.15) is 28.7 Å². The smallest absolute Gasteiger partial charge is 0.229 e. The van der Waals surface area contributed by atoms with Crippen molar-refractivity contribution in [1.82, 2.24) is 0 Å². The van der Waals surface area contributed by atoms with Crippen LogP contribution >= 0.6 is 11.6 Å². The molecule has 4 nitrogen and oxygen atoms in total. The number of carbonyl (C=O) groups excluding carboxylic acids is 2. The standard InChI is InChI=1S/C21H23ClN2O2/c1-12-7-14(3)20(15(4)8-12)24-11-16(9-19(24)25)21(26)23-17-6-5-13(2)18(22)10-17/h5-8,10,16H,9,11H2,1-4H3,(H,23,26). The average molecular weight is 371 g/mol. The molecule has 1 fully saturated rings. The maximum absolute atomic E-state index is 12.6. The van der Waals surface area contributed by atoms with Gasteiger partial charge in [-0.2, -0.15) is 0 Å². The van der Waals surface area contributed by atoms with E-state index in [4.69, 9.17) is 11.6 Å². The van der Waals surface area contributed by atoms with Crippen LogP contribution < -0.4 is 10.2 Å². The van der Waals surface area contributed by atoms with Gasteiger partial charge < -0.3 is 10.2 Å². The van der Waals surface area contributed by atoms with Crippen LogP contribution in [0.15, 0.2) is 30.3 Å². The lowest BCUT2D eigenvalue weighted by Crippen LogP contribution is -2.29. The Morgan fingerprint density at radius 3 is 2.35 bits per heavy atom. The van der Waals surface area contributed by atoms with Gasteiger partial charge in [-0.15, -0.1) is 0 Å². The molecule has 5 heteroatoms. The summed E-state index contributed by atoms with van der Waals surface area (Å²) in [5, 5.41) is 3.49. The highest BCUT2D eigenvalue weighted by atomic mass is 35.5. The van der Waals surface area contributed by atoms with Gasteiger partial charge in [0.1, 0.15) is 0 Å². The molecule has 0 spiro atoms. The van der Waals surface area contributed by atoms with Gasteiger partial charge in [0.15, 0.2) is 0 Å². The number of carbonyl (C=O) groups is 2. The van der Waals surface area contributed by atoms with E-state index >= 15 is 0 Å². The Bertz CT molecular complexity index is 869. The van der Waals surface area contributed by atoms with E-state index in [-0.39, 0.29) is 24.2 Å². The zero-order chi connectivity index (χ0) is 19.0. The van der Waals surface area contributed by atoms with Crippen LogP contribution in [0.2, 0.25) is 5.02 Å². The SMILES string of the molecule is Cc1cc(C)c(N2CC(C(=O)Nc3ccc(C)c(Cl)c3)CC2=O)c(C)c1. The Morgan fingerprint density at radius 1 is 1.08 bits per heavy atom. The molecular formula is C21H23ClN2O2. The van der Waals surface area contributed by atoms with Crippen molar-refractivity contribution in [3.8, 4) is 0 Å². The third-order valence-electron chi connectivity index (χ3n) is 4.84. The van der Waals surface area contributed by atoms with E-state index in [1.165, 1.54) is 5.56 Å². The number of nitrogens with one attached hydrogen (secondary N) is 1. The molecule has 26 heavy (non-hydrogen) atoms. The van der Waals surface area contributed by atoms with E-state index in [1.807, 2.05) is 39.8 Å². The van der Waals surface area contributed by atoms with Crippen molar-refractivity contribution in [2.24, 2.45) is 5.92 Å². The maximum Gasteiger partial charge on any atom is 0.229 e. The number of aryl methyl sites for hydroxylation is 4. The Balaban J connectivity index is 1.77. The molecule has 0 radical (unpaired) electrons. The second-order valence-corrected chi connectivity index (χ2v) is 7.51. The molecule has 0 saturated carbocycles. The summed E-state index contributed by atoms with van der Waals surface area (Å²) in [7, 11) is 0. The normalized spacial score (nSPS) is 16.9. The topological polar surface area (TPSA) is 49.4 Å². The zero-order valence-electron chi connectivity index (χ0n) is 15.5. The van der Waals surface area contributed by atoms with E-state index in [9.17, 15) is 9.59 Å². The average Bonchev–Trinajstić information content (AvgIpc) is 2.92. The van der Waals surface area contributed by atoms with Crippen molar-refractivity contribution in [1.29, 1.82) is 0 Å². The van der Waals surface area contributed by atoms with Crippen LogP contribution in [-0.2, 0) is 9.59 Å². The molecule has 1 N–H and O–H groups in total. The Kier molecular flexibility index (Phi) is 5.05. The van der Waals surface area contributed by atoms with E-state index < -0.39 is 0 Å². The van der Waals surface area contributed by atoms with Gasteiger partial charge in [0.2, 0.25) is 11.8 Å². The fourth-order valence-electron chi connectivity index (χ4n) is 3.61. The van der Waals surface area contributed by atoms with E-state index in [2.05, 4.69) is 17.4 Å². The van der Waals surface area contributed by atoms with Crippen molar-refractivity contribution in [3.05, 3.63) is 57.6 Å². The summed E-state index contributed by atoms with van der Waals surface area (Å²) in [4.78, 5) is 26.9. The summed E-state index contributed by atoms with van der Waals surface area (Å²) >= 11 is 6.12. The third kappa shape index (κ3) is 3.61. The van der Waals surface area contributed by atoms with Crippen LogP contribution in [0.4, 0.5) is 11.4 Å². The fraction of sp³-hybridized carbons (Fsp3) is 0.333. The minimum absolute atomic E-state index is 0.0119. The first-order chi connectivity index (χ1) is 12.3. The van der Waals surface area contributed by atoms with Gasteiger partial charge in [-0.05, 0) is 56.5 Å². The van der Waals surface area contributed by atoms with Gasteiger partial charge in [0.05, 0.1) is 5.92 Å². The summed E-state index contributed by atoms with van der Waals surface area (Å²) in [5.41, 5.74) is 5.82. The number of halogens is 1. The van der Waals surface area contributed by atoms with Crippen LogP contribution in [0, 0.1) is 33.6 Å². The lowest BCUT2D eigenvalue weighted by atomic mass is 10.0. The molecule has 1 atom stereocenters. The molecule has 0 aliphatic carbocycles. The highest BCUT2D eigenvalue weighted by Gasteiger charge is 2.36. The first kappa shape index (κ1) is 18.5. The predicted octanol–water partition coefficient (Wildman–Crippen LogP) is 4.57. The van der Waals surface area contributed by atoms with E-state index in [0.717, 1.165) is 22.4 Å². The van der Waals surface area contributed by atoms with Gasteiger partial charge in [-0.3, -0.25) is 9.59 Å². The molecule has 2 aromatic carbocycles. The Hall–Kier alpha value is -2.33. The zero-order valence-corrected chi connectivity index (χ0v) is 16.3. The van der Waals surface area contributed by atoms with Gasteiger partial charge in [0.25, 0.3) is 0 Å². The van der Waals surface area contributed by atoms with E-state index in [1.54, 1.807) is 11.0 Å². The number of hydrogen-bond donors (Lipinski definition) is 1. The van der Waals surface area contributed by atoms with Gasteiger partial charge >= 0.3 is 0 Å². The minimum Gasteiger partial charge on any atom is -0.326 e. The second-order valence-electron chi connectivity index (χ2n) is 7.11. The summed E-state index contributed by atoms with van der Waals surface area (Å²) in [6.45, 7) is 8.36. The molecule has 0 aromatic heterocycles. The predicted molar refractivity (Wildman–Crippen MR) is 106 cm³/mol. The summed E-state index contributed by atoms with van der Waals surface area (Å²) in [5.74, 6) is -0.534. The molecule has 1 aliphatic heterocycles. The van der Waals surface area contributed by atoms with Gasteiger partial charge in [-0.25, -0.2) is 0 Å². The van der Waals surface area contributed by atoms with Crippen LogP contribution in [0.25, 0.3) is 0 Å². The Morgan fingerprint density at radius 2 is 1.73 bits per heavy atom. The molecule has 3 rings (SSSR count). The molecule has 2 amide bonds. The minimum atomic E-state index is -0.373. The van der Waals surface area contributed by atoms with Crippen molar-refractivity contribution < 1.29 is 9.59 Å². The first-order valence-corrected chi connectivity index (χ1v) is 9.09. The monoisotopic (exact) mass is 370 g/mol. The molecule has 1 unspecified atom stereocenters. The van der Waals surface area contributed by atoms with Crippen LogP contribution in [0.5, 0.6) is 0 Å². The lowest BCUT2D eigenvalue weighted by molar-refractivity contribution is -0.122. The van der Waals surface area contributed by atoms with Gasteiger partial charge in [0, 0.05) is 29.4 Å². The highest BCUT2D eigenvalue weighted by Crippen LogP contribution is 2.32. The number of anilines is 2. The van der Waals surface area contributed by atoms with Crippen molar-refractivity contribution in [2.45, 2.75) is 34.1 Å². The number of rotatable bonds is 3. The summed E-state index contributed by atoms with van der Waals surface area (Å²) < 4.78 is 0. The first-order valence-electron chi connectivity index (χ1n) is 8.71. The van der Waals surface area contributed by atoms with E-state index in [0.29, 0.717) is 17.3 Å². The number of benzene rings is 2. The van der Waals surface area contributed by atoms with Crippen LogP contribution in [-0.4, -0.2) is 18.4 Å². The van der Waals surface area contributed by atoms with Crippen LogP contribution in [0.3, 0.4) is 0 Å². The quantitative estimate of drug-likeness (QED) is 0.860. The molecular weight excluding hydrogens is 348 g/mol. The number of amides is 2. The maximum atomic E-state index is 12.6. The lowest BCUT2D eigenvalue weighted by Gasteiger charge is -2.22. The number of hydrogen-bond acceptors (Lipinski definition) is 2. The number of nitrogens with zero attached hydrogens (tertiary/aromatic N) is 1. The van der Waals surface area contributed by atoms with Gasteiger partial charge in [-0.1, -0.05) is 35.4 Å². The second kappa shape index (κ2) is 7.12. The molecule has 1 saturated heterocycles. The highest BCUT2D eigenvalue weighted by molar-refractivity contribution is 6.31. The summed E-state index contributed by atoms with van der Waals surface area (Å²) in [6, 6.07) is 9.55. The largest absolute Gasteiger partial charge is 0.326 e. The van der Waals surface area contributed by atoms with Crippen molar-refractivity contribution in [3.63, 3.8) is 0 Å². The molecule has 2 aromatic rings. The third-order valence-corrected chi connectivity index (χ3v) is 5.25.